The van der Waals surface area contributed by atoms with Crippen molar-refractivity contribution in [2.75, 3.05) is 4.90 Å². The van der Waals surface area contributed by atoms with Gasteiger partial charge in [0.15, 0.2) is 0 Å². The largest absolute Gasteiger partial charge is 0.310 e. The van der Waals surface area contributed by atoms with Crippen molar-refractivity contribution in [3.05, 3.63) is 266 Å². The summed E-state index contributed by atoms with van der Waals surface area (Å²) in [6, 6.07) is 93.7. The predicted molar refractivity (Wildman–Crippen MR) is 292 cm³/mol. The molecule has 0 aliphatic heterocycles. The Labute approximate surface area is 403 Å². The summed E-state index contributed by atoms with van der Waals surface area (Å²) in [6.07, 6.45) is 0. The van der Waals surface area contributed by atoms with E-state index in [-0.39, 0.29) is 5.41 Å². The molecule has 0 amide bonds. The van der Waals surface area contributed by atoms with E-state index in [4.69, 9.17) is 0 Å². The van der Waals surface area contributed by atoms with E-state index in [2.05, 4.69) is 278 Å². The first-order chi connectivity index (χ1) is 34.0. The summed E-state index contributed by atoms with van der Waals surface area (Å²) < 4.78 is 2.41. The number of benzene rings is 11. The Balaban J connectivity index is 0.973. The zero-order chi connectivity index (χ0) is 46.1. The Hall–Kier alpha value is -8.72. The van der Waals surface area contributed by atoms with Gasteiger partial charge < -0.3 is 9.47 Å². The predicted octanol–water partition coefficient (Wildman–Crippen LogP) is 18.4. The molecule has 0 spiro atoms. The van der Waals surface area contributed by atoms with Crippen molar-refractivity contribution in [3.8, 4) is 61.3 Å². The molecular weight excluding hydrogens is 833 g/mol. The van der Waals surface area contributed by atoms with Crippen LogP contribution in [0.25, 0.3) is 93.9 Å². The fraction of sp³-hybridized carbons (Fsp3) is 0.0448. The van der Waals surface area contributed by atoms with E-state index in [1.54, 1.807) is 0 Å². The number of para-hydroxylation sites is 2. The van der Waals surface area contributed by atoms with Crippen molar-refractivity contribution in [2.45, 2.75) is 19.3 Å². The van der Waals surface area contributed by atoms with Gasteiger partial charge in [0.2, 0.25) is 0 Å². The summed E-state index contributed by atoms with van der Waals surface area (Å²) in [5.41, 5.74) is 21.7. The van der Waals surface area contributed by atoms with E-state index < -0.39 is 0 Å². The molecule has 0 N–H and O–H groups in total. The molecule has 0 unspecified atom stereocenters. The zero-order valence-electron chi connectivity index (χ0n) is 38.6. The molecule has 11 aromatic carbocycles. The molecule has 13 rings (SSSR count). The molecule has 1 aromatic heterocycles. The van der Waals surface area contributed by atoms with E-state index in [9.17, 15) is 0 Å². The maximum atomic E-state index is 2.42. The Bertz CT molecular complexity index is 3890. The first kappa shape index (κ1) is 40.5. The second kappa shape index (κ2) is 16.3. The van der Waals surface area contributed by atoms with Gasteiger partial charge >= 0.3 is 0 Å². The van der Waals surface area contributed by atoms with Crippen LogP contribution in [0.3, 0.4) is 0 Å². The lowest BCUT2D eigenvalue weighted by Gasteiger charge is -2.28. The number of fused-ring (bicyclic) bond motifs is 7. The number of nitrogens with zero attached hydrogens (tertiary/aromatic N) is 2. The minimum atomic E-state index is -0.123. The third kappa shape index (κ3) is 6.79. The molecule has 1 aliphatic carbocycles. The normalized spacial score (nSPS) is 12.6. The van der Waals surface area contributed by atoms with E-state index in [1.807, 2.05) is 0 Å². The Morgan fingerprint density at radius 3 is 1.59 bits per heavy atom. The minimum Gasteiger partial charge on any atom is -0.310 e. The van der Waals surface area contributed by atoms with Crippen LogP contribution >= 0.6 is 0 Å². The third-order valence-electron chi connectivity index (χ3n) is 14.6. The van der Waals surface area contributed by atoms with Crippen molar-refractivity contribution in [3.63, 3.8) is 0 Å². The summed E-state index contributed by atoms with van der Waals surface area (Å²) in [5, 5.41) is 4.97. The molecule has 0 saturated heterocycles. The zero-order valence-corrected chi connectivity index (χ0v) is 38.6. The topological polar surface area (TPSA) is 8.17 Å². The Morgan fingerprint density at radius 2 is 0.826 bits per heavy atom. The van der Waals surface area contributed by atoms with Gasteiger partial charge in [0.1, 0.15) is 0 Å². The lowest BCUT2D eigenvalue weighted by atomic mass is 9.82. The van der Waals surface area contributed by atoms with Crippen molar-refractivity contribution in [2.24, 2.45) is 0 Å². The summed E-state index contributed by atoms with van der Waals surface area (Å²) in [5.74, 6) is 0. The van der Waals surface area contributed by atoms with Crippen molar-refractivity contribution in [1.29, 1.82) is 0 Å². The lowest BCUT2D eigenvalue weighted by molar-refractivity contribution is 0.660. The summed E-state index contributed by atoms with van der Waals surface area (Å²) >= 11 is 0. The van der Waals surface area contributed by atoms with Crippen LogP contribution < -0.4 is 4.90 Å². The highest BCUT2D eigenvalue weighted by Gasteiger charge is 2.35. The first-order valence-electron chi connectivity index (χ1n) is 24.0. The second-order valence-electron chi connectivity index (χ2n) is 18.9. The Kier molecular flexibility index (Phi) is 9.55. The highest BCUT2D eigenvalue weighted by Crippen LogP contribution is 2.51. The number of rotatable bonds is 8. The van der Waals surface area contributed by atoms with Gasteiger partial charge in [0.25, 0.3) is 0 Å². The van der Waals surface area contributed by atoms with E-state index in [1.165, 1.54) is 93.8 Å². The number of hydrogen-bond donors (Lipinski definition) is 0. The fourth-order valence-corrected chi connectivity index (χ4v) is 11.2. The molecule has 0 radical (unpaired) electrons. The highest BCUT2D eigenvalue weighted by atomic mass is 15.1. The molecule has 69 heavy (non-hydrogen) atoms. The quantitative estimate of drug-likeness (QED) is 0.148. The van der Waals surface area contributed by atoms with Crippen LogP contribution in [0.4, 0.5) is 17.1 Å². The standard InChI is InChI=1S/C67H48N2/c1-67(2)62-28-13-11-24-59(62)60-40-39-55(44-63(60)67)68(53-35-31-46(32-36-53)45-17-5-3-6-18-45)54-37-33-47(34-38-54)49-41-50(57-26-15-20-48-19-9-10-23-56(48)57)43-51(42-49)58-27-16-30-65-66(58)61-25-12-14-29-64(61)69(65)52-21-7-4-8-22-52/h3-44H,1-2H3. The lowest BCUT2D eigenvalue weighted by Crippen LogP contribution is -2.16. The molecular formula is C67H48N2. The van der Waals surface area contributed by atoms with Crippen molar-refractivity contribution in [1.82, 2.24) is 4.57 Å². The van der Waals surface area contributed by atoms with E-state index in [0.717, 1.165) is 28.3 Å². The SMILES string of the molecule is CC1(C)c2ccccc2-c2ccc(N(c3ccc(-c4ccccc4)cc3)c3ccc(-c4cc(-c5cccc6ccccc56)cc(-c5cccc6c5c5ccccc5n6-c5ccccc5)c4)cc3)cc21. The van der Waals surface area contributed by atoms with Crippen LogP contribution in [0, 0.1) is 0 Å². The summed E-state index contributed by atoms with van der Waals surface area (Å²) in [6.45, 7) is 4.72. The van der Waals surface area contributed by atoms with E-state index in [0.29, 0.717) is 0 Å². The van der Waals surface area contributed by atoms with Crippen LogP contribution in [-0.2, 0) is 5.41 Å². The molecule has 326 valence electrons. The molecule has 2 heteroatoms. The van der Waals surface area contributed by atoms with E-state index >= 15 is 0 Å². The molecule has 2 nitrogen and oxygen atoms in total. The monoisotopic (exact) mass is 880 g/mol. The average Bonchev–Trinajstić information content (AvgIpc) is 3.87. The van der Waals surface area contributed by atoms with Gasteiger partial charge in [-0.25, -0.2) is 0 Å². The van der Waals surface area contributed by atoms with Crippen LogP contribution in [0.15, 0.2) is 255 Å². The minimum absolute atomic E-state index is 0.123. The summed E-state index contributed by atoms with van der Waals surface area (Å²) in [7, 11) is 0. The number of aromatic nitrogens is 1. The van der Waals surface area contributed by atoms with Crippen LogP contribution in [0.1, 0.15) is 25.0 Å². The molecule has 1 aliphatic rings. The van der Waals surface area contributed by atoms with Crippen molar-refractivity contribution < 1.29 is 0 Å². The molecule has 1 heterocycles. The first-order valence-corrected chi connectivity index (χ1v) is 24.0. The molecule has 0 atom stereocenters. The van der Waals surface area contributed by atoms with Gasteiger partial charge in [-0.1, -0.05) is 190 Å². The van der Waals surface area contributed by atoms with Gasteiger partial charge in [-0.15, -0.1) is 0 Å². The molecule has 0 saturated carbocycles. The van der Waals surface area contributed by atoms with Gasteiger partial charge in [0, 0.05) is 38.9 Å². The van der Waals surface area contributed by atoms with Crippen LogP contribution in [-0.4, -0.2) is 4.57 Å². The van der Waals surface area contributed by atoms with Gasteiger partial charge in [-0.3, -0.25) is 0 Å². The second-order valence-corrected chi connectivity index (χ2v) is 18.9. The molecule has 12 aromatic rings. The summed E-state index contributed by atoms with van der Waals surface area (Å²) in [4.78, 5) is 2.42. The fourth-order valence-electron chi connectivity index (χ4n) is 11.2. The maximum absolute atomic E-state index is 2.42. The number of hydrogen-bond acceptors (Lipinski definition) is 1. The molecule has 0 bridgehead atoms. The van der Waals surface area contributed by atoms with Gasteiger partial charge in [-0.05, 0) is 156 Å². The average molecular weight is 881 g/mol. The Morgan fingerprint density at radius 1 is 0.319 bits per heavy atom. The smallest absolute Gasteiger partial charge is 0.0547 e. The molecule has 0 fully saturated rings. The number of anilines is 3. The van der Waals surface area contributed by atoms with Gasteiger partial charge in [-0.2, -0.15) is 0 Å². The van der Waals surface area contributed by atoms with Gasteiger partial charge in [0.05, 0.1) is 11.0 Å². The maximum Gasteiger partial charge on any atom is 0.0547 e. The third-order valence-corrected chi connectivity index (χ3v) is 14.6. The highest BCUT2D eigenvalue weighted by molar-refractivity contribution is 6.16. The van der Waals surface area contributed by atoms with Crippen molar-refractivity contribution >= 4 is 49.6 Å². The van der Waals surface area contributed by atoms with Crippen LogP contribution in [0.2, 0.25) is 0 Å². The van der Waals surface area contributed by atoms with Crippen LogP contribution in [0.5, 0.6) is 0 Å².